The number of nitrogens with zero attached hydrogens (tertiary/aromatic N) is 3. The van der Waals surface area contributed by atoms with Crippen LogP contribution >= 0.6 is 0 Å². The van der Waals surface area contributed by atoms with Crippen LogP contribution in [0.15, 0.2) is 4.99 Å². The van der Waals surface area contributed by atoms with Crippen molar-refractivity contribution in [2.75, 3.05) is 33.7 Å². The van der Waals surface area contributed by atoms with Gasteiger partial charge in [0.1, 0.15) is 0 Å². The molecule has 0 saturated carbocycles. The van der Waals surface area contributed by atoms with Gasteiger partial charge < -0.3 is 15.5 Å². The molecule has 0 aliphatic carbocycles. The van der Waals surface area contributed by atoms with Gasteiger partial charge in [-0.1, -0.05) is 19.8 Å². The van der Waals surface area contributed by atoms with E-state index >= 15 is 0 Å². The minimum absolute atomic E-state index is 0.580. The van der Waals surface area contributed by atoms with Crippen LogP contribution in [0, 0.1) is 0 Å². The first-order chi connectivity index (χ1) is 11.7. The van der Waals surface area contributed by atoms with Gasteiger partial charge in [-0.25, -0.2) is 0 Å². The molecular weight excluding hydrogens is 298 g/mol. The summed E-state index contributed by atoms with van der Waals surface area (Å²) in [5, 5.41) is 7.33. The van der Waals surface area contributed by atoms with Gasteiger partial charge in [0.2, 0.25) is 0 Å². The number of hydrogen-bond donors (Lipinski definition) is 2. The van der Waals surface area contributed by atoms with Gasteiger partial charge >= 0.3 is 0 Å². The SMILES string of the molecule is CCN1CCCCC1CNC(=NC)NC1CC2CCCC(C1)N2C. The summed E-state index contributed by atoms with van der Waals surface area (Å²) in [6.07, 6.45) is 10.7. The molecule has 3 fully saturated rings. The lowest BCUT2D eigenvalue weighted by molar-refractivity contribution is 0.0526. The van der Waals surface area contributed by atoms with Crippen molar-refractivity contribution in [1.29, 1.82) is 0 Å². The molecule has 3 aliphatic heterocycles. The minimum Gasteiger partial charge on any atom is -0.355 e. The zero-order chi connectivity index (χ0) is 16.9. The lowest BCUT2D eigenvalue weighted by Gasteiger charge is -2.47. The molecular formula is C19H37N5. The summed E-state index contributed by atoms with van der Waals surface area (Å²) in [5.41, 5.74) is 0. The highest BCUT2D eigenvalue weighted by Gasteiger charge is 2.36. The number of aliphatic imine (C=N–C) groups is 1. The summed E-state index contributed by atoms with van der Waals surface area (Å²) in [4.78, 5) is 9.73. The molecule has 0 aromatic carbocycles. The number of rotatable bonds is 4. The van der Waals surface area contributed by atoms with Crippen LogP contribution in [0.1, 0.15) is 58.3 Å². The molecule has 0 aromatic rings. The Morgan fingerprint density at radius 3 is 2.50 bits per heavy atom. The van der Waals surface area contributed by atoms with E-state index in [4.69, 9.17) is 0 Å². The second-order valence-electron chi connectivity index (χ2n) is 7.95. The average Bonchev–Trinajstić information content (AvgIpc) is 2.59. The maximum Gasteiger partial charge on any atom is 0.191 e. The van der Waals surface area contributed by atoms with Gasteiger partial charge in [0.05, 0.1) is 0 Å². The van der Waals surface area contributed by atoms with Crippen molar-refractivity contribution in [2.45, 2.75) is 82.5 Å². The van der Waals surface area contributed by atoms with E-state index < -0.39 is 0 Å². The molecule has 2 N–H and O–H groups in total. The molecule has 5 heteroatoms. The predicted octanol–water partition coefficient (Wildman–Crippen LogP) is 2.04. The average molecular weight is 336 g/mol. The third-order valence-electron chi connectivity index (χ3n) is 6.56. The van der Waals surface area contributed by atoms with Crippen LogP contribution in [-0.2, 0) is 0 Å². The lowest BCUT2D eigenvalue weighted by Crippen LogP contribution is -2.57. The van der Waals surface area contributed by atoms with Crippen LogP contribution in [-0.4, -0.2) is 73.7 Å². The summed E-state index contributed by atoms with van der Waals surface area (Å²) in [5.74, 6) is 1.00. The Morgan fingerprint density at radius 2 is 1.83 bits per heavy atom. The van der Waals surface area contributed by atoms with E-state index in [-0.39, 0.29) is 0 Å². The van der Waals surface area contributed by atoms with Crippen LogP contribution in [0.4, 0.5) is 0 Å². The molecule has 0 radical (unpaired) electrons. The van der Waals surface area contributed by atoms with Crippen molar-refractivity contribution in [3.63, 3.8) is 0 Å². The van der Waals surface area contributed by atoms with Gasteiger partial charge in [0, 0.05) is 37.8 Å². The molecule has 3 aliphatic rings. The number of fused-ring (bicyclic) bond motifs is 2. The summed E-state index contributed by atoms with van der Waals surface area (Å²) in [6.45, 7) is 5.72. The highest BCUT2D eigenvalue weighted by molar-refractivity contribution is 5.80. The third-order valence-corrected chi connectivity index (χ3v) is 6.56. The second kappa shape index (κ2) is 8.52. The Hall–Kier alpha value is -0.810. The molecule has 0 amide bonds. The number of hydrogen-bond acceptors (Lipinski definition) is 3. The van der Waals surface area contributed by atoms with Crippen LogP contribution in [0.2, 0.25) is 0 Å². The van der Waals surface area contributed by atoms with Gasteiger partial charge in [-0.2, -0.15) is 0 Å². The van der Waals surface area contributed by atoms with E-state index in [9.17, 15) is 0 Å². The number of guanidine groups is 1. The van der Waals surface area contributed by atoms with Crippen LogP contribution in [0.25, 0.3) is 0 Å². The molecule has 2 bridgehead atoms. The molecule has 3 atom stereocenters. The van der Waals surface area contributed by atoms with Crippen LogP contribution < -0.4 is 10.6 Å². The zero-order valence-electron chi connectivity index (χ0n) is 15.9. The van der Waals surface area contributed by atoms with Crippen molar-refractivity contribution in [1.82, 2.24) is 20.4 Å². The standard InChI is InChI=1S/C19H37N5/c1-4-24-11-6-5-8-18(24)14-21-19(20-2)22-15-12-16-9-7-10-17(13-15)23(16)3/h15-18H,4-14H2,1-3H3,(H2,20,21,22). The van der Waals surface area contributed by atoms with Gasteiger partial charge in [0.15, 0.2) is 5.96 Å². The van der Waals surface area contributed by atoms with Gasteiger partial charge in [-0.15, -0.1) is 0 Å². The molecule has 3 saturated heterocycles. The fourth-order valence-electron chi connectivity index (χ4n) is 5.04. The highest BCUT2D eigenvalue weighted by atomic mass is 15.2. The van der Waals surface area contributed by atoms with Crippen molar-refractivity contribution < 1.29 is 0 Å². The van der Waals surface area contributed by atoms with Crippen molar-refractivity contribution in [2.24, 2.45) is 4.99 Å². The fourth-order valence-corrected chi connectivity index (χ4v) is 5.04. The molecule has 0 spiro atoms. The number of piperidine rings is 3. The first-order valence-corrected chi connectivity index (χ1v) is 10.1. The molecule has 0 aromatic heterocycles. The van der Waals surface area contributed by atoms with E-state index in [0.29, 0.717) is 12.1 Å². The van der Waals surface area contributed by atoms with Crippen LogP contribution in [0.3, 0.4) is 0 Å². The van der Waals surface area contributed by atoms with Crippen molar-refractivity contribution >= 4 is 5.96 Å². The molecule has 3 unspecified atom stereocenters. The molecule has 5 nitrogen and oxygen atoms in total. The number of nitrogens with one attached hydrogen (secondary N) is 2. The predicted molar refractivity (Wildman–Crippen MR) is 102 cm³/mol. The van der Waals surface area contributed by atoms with Crippen molar-refractivity contribution in [3.05, 3.63) is 0 Å². The maximum atomic E-state index is 4.49. The Morgan fingerprint density at radius 1 is 1.08 bits per heavy atom. The van der Waals surface area contributed by atoms with Gasteiger partial charge in [-0.05, 0) is 58.7 Å². The van der Waals surface area contributed by atoms with Gasteiger partial charge in [0.25, 0.3) is 0 Å². The summed E-state index contributed by atoms with van der Waals surface area (Å²) < 4.78 is 0. The monoisotopic (exact) mass is 335 g/mol. The number of likely N-dealkylation sites (tertiary alicyclic amines) is 1. The van der Waals surface area contributed by atoms with E-state index in [2.05, 4.69) is 39.4 Å². The second-order valence-corrected chi connectivity index (χ2v) is 7.95. The Labute approximate surface area is 148 Å². The molecule has 3 rings (SSSR count). The highest BCUT2D eigenvalue weighted by Crippen LogP contribution is 2.32. The van der Waals surface area contributed by atoms with E-state index in [1.807, 2.05) is 7.05 Å². The molecule has 24 heavy (non-hydrogen) atoms. The summed E-state index contributed by atoms with van der Waals surface area (Å²) in [6, 6.07) is 2.78. The summed E-state index contributed by atoms with van der Waals surface area (Å²) >= 11 is 0. The maximum absolute atomic E-state index is 4.49. The Bertz CT molecular complexity index is 410. The Kier molecular flexibility index (Phi) is 6.39. The van der Waals surface area contributed by atoms with E-state index in [0.717, 1.165) is 31.1 Å². The first-order valence-electron chi connectivity index (χ1n) is 10.1. The number of likely N-dealkylation sites (N-methyl/N-ethyl adjacent to an activating group) is 1. The minimum atomic E-state index is 0.580. The molecule has 3 heterocycles. The van der Waals surface area contributed by atoms with Crippen molar-refractivity contribution in [3.8, 4) is 0 Å². The third kappa shape index (κ3) is 4.23. The molecule has 138 valence electrons. The quantitative estimate of drug-likeness (QED) is 0.609. The topological polar surface area (TPSA) is 42.9 Å². The van der Waals surface area contributed by atoms with E-state index in [1.54, 1.807) is 0 Å². The first kappa shape index (κ1) is 18.0. The normalized spacial score (nSPS) is 35.7. The van der Waals surface area contributed by atoms with Gasteiger partial charge in [-0.3, -0.25) is 9.89 Å². The fraction of sp³-hybridized carbons (Fsp3) is 0.947. The zero-order valence-corrected chi connectivity index (χ0v) is 15.9. The summed E-state index contributed by atoms with van der Waals surface area (Å²) in [7, 11) is 4.23. The largest absolute Gasteiger partial charge is 0.355 e. The Balaban J connectivity index is 1.48. The smallest absolute Gasteiger partial charge is 0.191 e. The lowest BCUT2D eigenvalue weighted by atomic mass is 9.82. The van der Waals surface area contributed by atoms with E-state index in [1.165, 1.54) is 57.9 Å². The van der Waals surface area contributed by atoms with Crippen LogP contribution in [0.5, 0.6) is 0 Å².